The van der Waals surface area contributed by atoms with Gasteiger partial charge in [-0.25, -0.2) is 0 Å². The van der Waals surface area contributed by atoms with Gasteiger partial charge in [0, 0.05) is 12.0 Å². The molecule has 0 spiro atoms. The molecule has 2 bridgehead atoms. The quantitative estimate of drug-likeness (QED) is 0.736. The van der Waals surface area contributed by atoms with Gasteiger partial charge in [0.05, 0.1) is 13.0 Å². The highest BCUT2D eigenvalue weighted by atomic mass is 16.6. The van der Waals surface area contributed by atoms with Crippen molar-refractivity contribution in [3.8, 4) is 0 Å². The zero-order chi connectivity index (χ0) is 12.8. The SMILES string of the molecule is CCOC(=O)[C@H]1N[C@H]2CC(=O)O[C@@]13CCCC[C@@H]23. The van der Waals surface area contributed by atoms with Crippen molar-refractivity contribution >= 4 is 11.9 Å². The van der Waals surface area contributed by atoms with Gasteiger partial charge in [-0.15, -0.1) is 0 Å². The van der Waals surface area contributed by atoms with E-state index in [9.17, 15) is 9.59 Å². The molecule has 1 N–H and O–H groups in total. The lowest BCUT2D eigenvalue weighted by Gasteiger charge is -2.44. The predicted molar refractivity (Wildman–Crippen MR) is 62.7 cm³/mol. The van der Waals surface area contributed by atoms with E-state index in [1.165, 1.54) is 0 Å². The van der Waals surface area contributed by atoms with Crippen LogP contribution in [0.5, 0.6) is 0 Å². The highest BCUT2D eigenvalue weighted by Gasteiger charge is 2.64. The molecule has 1 saturated carbocycles. The number of carbonyl (C=O) groups excluding carboxylic acids is 2. The van der Waals surface area contributed by atoms with Gasteiger partial charge in [0.2, 0.25) is 0 Å². The van der Waals surface area contributed by atoms with E-state index in [0.717, 1.165) is 25.7 Å². The summed E-state index contributed by atoms with van der Waals surface area (Å²) in [5.41, 5.74) is -0.634. The molecular formula is C13H19NO4. The number of rotatable bonds is 2. The van der Waals surface area contributed by atoms with E-state index in [-0.39, 0.29) is 23.9 Å². The Labute approximate surface area is 106 Å². The molecule has 2 heterocycles. The second-order valence-corrected chi connectivity index (χ2v) is 5.44. The maximum atomic E-state index is 12.1. The van der Waals surface area contributed by atoms with Crippen molar-refractivity contribution in [3.05, 3.63) is 0 Å². The first kappa shape index (κ1) is 12.0. The zero-order valence-electron chi connectivity index (χ0n) is 10.6. The number of carbonyl (C=O) groups is 2. The Hall–Kier alpha value is -1.10. The van der Waals surface area contributed by atoms with Crippen LogP contribution in [-0.2, 0) is 19.1 Å². The maximum Gasteiger partial charge on any atom is 0.327 e. The summed E-state index contributed by atoms with van der Waals surface area (Å²) in [6.45, 7) is 2.15. The number of hydrogen-bond acceptors (Lipinski definition) is 5. The molecule has 0 amide bonds. The van der Waals surface area contributed by atoms with Crippen LogP contribution < -0.4 is 5.32 Å². The molecule has 100 valence electrons. The van der Waals surface area contributed by atoms with Crippen LogP contribution in [0.2, 0.25) is 0 Å². The summed E-state index contributed by atoms with van der Waals surface area (Å²) in [7, 11) is 0. The van der Waals surface area contributed by atoms with Crippen molar-refractivity contribution in [2.75, 3.05) is 6.61 Å². The first-order chi connectivity index (χ1) is 8.67. The van der Waals surface area contributed by atoms with Gasteiger partial charge in [0.15, 0.2) is 0 Å². The molecule has 0 unspecified atom stereocenters. The number of nitrogens with one attached hydrogen (secondary N) is 1. The van der Waals surface area contributed by atoms with Crippen molar-refractivity contribution in [2.24, 2.45) is 5.92 Å². The smallest absolute Gasteiger partial charge is 0.327 e. The summed E-state index contributed by atoms with van der Waals surface area (Å²) in [5, 5.41) is 3.28. The predicted octanol–water partition coefficient (Wildman–Crippen LogP) is 0.766. The Morgan fingerprint density at radius 1 is 1.56 bits per heavy atom. The van der Waals surface area contributed by atoms with E-state index in [1.807, 2.05) is 0 Å². The second-order valence-electron chi connectivity index (χ2n) is 5.44. The topological polar surface area (TPSA) is 64.6 Å². The standard InChI is InChI=1S/C13H19NO4/c1-2-17-12(16)11-13-6-4-3-5-8(13)9(14-11)7-10(15)18-13/h8-9,11,14H,2-7H2,1H3/t8-,9-,11+,13+/m0/s1. The maximum absolute atomic E-state index is 12.1. The van der Waals surface area contributed by atoms with E-state index in [4.69, 9.17) is 9.47 Å². The van der Waals surface area contributed by atoms with Crippen LogP contribution in [0.4, 0.5) is 0 Å². The average molecular weight is 253 g/mol. The molecule has 0 aromatic rings. The lowest BCUT2D eigenvalue weighted by atomic mass is 9.70. The molecule has 4 atom stereocenters. The van der Waals surface area contributed by atoms with Gasteiger partial charge in [0.1, 0.15) is 11.6 Å². The van der Waals surface area contributed by atoms with Crippen LogP contribution in [0.25, 0.3) is 0 Å². The second kappa shape index (κ2) is 4.23. The first-order valence-corrected chi connectivity index (χ1v) is 6.82. The molecule has 0 aromatic carbocycles. The van der Waals surface area contributed by atoms with Crippen molar-refractivity contribution in [1.82, 2.24) is 5.32 Å². The summed E-state index contributed by atoms with van der Waals surface area (Å²) in [4.78, 5) is 23.8. The molecule has 3 aliphatic rings. The number of hydrogen-bond donors (Lipinski definition) is 1. The largest absolute Gasteiger partial charge is 0.465 e. The van der Waals surface area contributed by atoms with E-state index < -0.39 is 11.6 Å². The van der Waals surface area contributed by atoms with Crippen molar-refractivity contribution in [1.29, 1.82) is 0 Å². The van der Waals surface area contributed by atoms with Gasteiger partial charge in [0.25, 0.3) is 0 Å². The summed E-state index contributed by atoms with van der Waals surface area (Å²) >= 11 is 0. The molecule has 3 rings (SSSR count). The van der Waals surface area contributed by atoms with Crippen LogP contribution in [0.15, 0.2) is 0 Å². The third kappa shape index (κ3) is 1.56. The third-order valence-corrected chi connectivity index (χ3v) is 4.53. The van der Waals surface area contributed by atoms with Crippen molar-refractivity contribution in [2.45, 2.75) is 56.7 Å². The molecule has 1 aliphatic carbocycles. The van der Waals surface area contributed by atoms with Crippen molar-refractivity contribution < 1.29 is 19.1 Å². The molecule has 5 heteroatoms. The molecule has 2 saturated heterocycles. The van der Waals surface area contributed by atoms with Crippen LogP contribution in [0.1, 0.15) is 39.0 Å². The van der Waals surface area contributed by atoms with Gasteiger partial charge in [-0.3, -0.25) is 14.9 Å². The fourth-order valence-electron chi connectivity index (χ4n) is 3.88. The number of esters is 2. The summed E-state index contributed by atoms with van der Waals surface area (Å²) in [6, 6.07) is -0.389. The van der Waals surface area contributed by atoms with Gasteiger partial charge in [-0.1, -0.05) is 6.42 Å². The summed E-state index contributed by atoms with van der Waals surface area (Å²) in [5.74, 6) is -0.183. The highest BCUT2D eigenvalue weighted by molar-refractivity contribution is 5.82. The fraction of sp³-hybridized carbons (Fsp3) is 0.846. The van der Waals surface area contributed by atoms with Crippen LogP contribution in [-0.4, -0.2) is 36.2 Å². The molecule has 0 aromatic heterocycles. The number of ether oxygens (including phenoxy) is 2. The molecule has 0 radical (unpaired) electrons. The Balaban J connectivity index is 1.92. The minimum absolute atomic E-state index is 0.0842. The lowest BCUT2D eigenvalue weighted by molar-refractivity contribution is -0.182. The summed E-state index contributed by atoms with van der Waals surface area (Å²) < 4.78 is 10.8. The Kier molecular flexibility index (Phi) is 2.81. The van der Waals surface area contributed by atoms with Crippen LogP contribution in [0, 0.1) is 5.92 Å². The van der Waals surface area contributed by atoms with Gasteiger partial charge in [-0.05, 0) is 26.2 Å². The minimum atomic E-state index is -0.634. The van der Waals surface area contributed by atoms with Gasteiger partial charge >= 0.3 is 11.9 Å². The molecule has 5 nitrogen and oxygen atoms in total. The van der Waals surface area contributed by atoms with E-state index in [1.54, 1.807) is 6.92 Å². The fourth-order valence-corrected chi connectivity index (χ4v) is 3.88. The highest BCUT2D eigenvalue weighted by Crippen LogP contribution is 2.49. The molecule has 3 fully saturated rings. The molecule has 18 heavy (non-hydrogen) atoms. The molecular weight excluding hydrogens is 234 g/mol. The molecule has 2 aliphatic heterocycles. The van der Waals surface area contributed by atoms with E-state index >= 15 is 0 Å². The van der Waals surface area contributed by atoms with Crippen LogP contribution >= 0.6 is 0 Å². The first-order valence-electron chi connectivity index (χ1n) is 6.82. The third-order valence-electron chi connectivity index (χ3n) is 4.53. The average Bonchev–Trinajstić information content (AvgIpc) is 2.56. The Morgan fingerprint density at radius 3 is 3.17 bits per heavy atom. The normalized spacial score (nSPS) is 42.1. The van der Waals surface area contributed by atoms with E-state index in [2.05, 4.69) is 5.32 Å². The van der Waals surface area contributed by atoms with E-state index in [0.29, 0.717) is 13.0 Å². The summed E-state index contributed by atoms with van der Waals surface area (Å²) in [6.07, 6.45) is 4.34. The monoisotopic (exact) mass is 253 g/mol. The Morgan fingerprint density at radius 2 is 2.39 bits per heavy atom. The lowest BCUT2D eigenvalue weighted by Crippen LogP contribution is -2.56. The van der Waals surface area contributed by atoms with Crippen molar-refractivity contribution in [3.63, 3.8) is 0 Å². The Bertz CT molecular complexity index is 383. The minimum Gasteiger partial charge on any atom is -0.465 e. The van der Waals surface area contributed by atoms with Crippen LogP contribution in [0.3, 0.4) is 0 Å². The van der Waals surface area contributed by atoms with Gasteiger partial charge in [-0.2, -0.15) is 0 Å². The van der Waals surface area contributed by atoms with Gasteiger partial charge < -0.3 is 9.47 Å². The zero-order valence-corrected chi connectivity index (χ0v) is 10.6.